The molecule has 2 nitrogen and oxygen atoms in total. The molecule has 1 unspecified atom stereocenters. The van der Waals surface area contributed by atoms with Crippen molar-refractivity contribution in [3.63, 3.8) is 0 Å². The van der Waals surface area contributed by atoms with E-state index in [0.717, 1.165) is 0 Å². The SMILES string of the molecule is CC(C(=O)N(C)C)c1c(Cl)cccc1Cl. The second-order valence-electron chi connectivity index (χ2n) is 3.59. The van der Waals surface area contributed by atoms with E-state index >= 15 is 0 Å². The molecule has 0 bridgehead atoms. The lowest BCUT2D eigenvalue weighted by atomic mass is 10.00. The van der Waals surface area contributed by atoms with Gasteiger partial charge in [-0.3, -0.25) is 4.79 Å². The van der Waals surface area contributed by atoms with Gasteiger partial charge in [0.25, 0.3) is 0 Å². The molecule has 0 radical (unpaired) electrons. The van der Waals surface area contributed by atoms with Gasteiger partial charge < -0.3 is 4.90 Å². The number of carbonyl (C=O) groups excluding carboxylic acids is 1. The van der Waals surface area contributed by atoms with Crippen LogP contribution in [0.4, 0.5) is 0 Å². The molecule has 1 amide bonds. The summed E-state index contributed by atoms with van der Waals surface area (Å²) in [6, 6.07) is 5.24. The molecule has 1 rings (SSSR count). The van der Waals surface area contributed by atoms with Gasteiger partial charge in [0, 0.05) is 29.7 Å². The number of likely N-dealkylation sites (N-methyl/N-ethyl adjacent to an activating group) is 1. The summed E-state index contributed by atoms with van der Waals surface area (Å²) >= 11 is 12.0. The van der Waals surface area contributed by atoms with Gasteiger partial charge in [0.05, 0.1) is 5.92 Å². The van der Waals surface area contributed by atoms with E-state index in [1.807, 2.05) is 0 Å². The van der Waals surface area contributed by atoms with Crippen LogP contribution in [0, 0.1) is 0 Å². The second-order valence-corrected chi connectivity index (χ2v) is 4.40. The first-order valence-corrected chi connectivity index (χ1v) is 5.35. The highest BCUT2D eigenvalue weighted by atomic mass is 35.5. The summed E-state index contributed by atoms with van der Waals surface area (Å²) in [7, 11) is 3.42. The third-order valence-corrected chi connectivity index (χ3v) is 2.90. The molecule has 1 aromatic rings. The van der Waals surface area contributed by atoms with E-state index in [1.54, 1.807) is 39.2 Å². The third-order valence-electron chi connectivity index (χ3n) is 2.24. The Morgan fingerprint density at radius 1 is 1.27 bits per heavy atom. The van der Waals surface area contributed by atoms with Gasteiger partial charge in [-0.1, -0.05) is 29.3 Å². The van der Waals surface area contributed by atoms with Crippen LogP contribution < -0.4 is 0 Å². The molecule has 0 aliphatic rings. The molecule has 1 aromatic carbocycles. The zero-order valence-electron chi connectivity index (χ0n) is 8.92. The standard InChI is InChI=1S/C11H13Cl2NO/c1-7(11(15)14(2)3)10-8(12)5-4-6-9(10)13/h4-7H,1-3H3. The maximum atomic E-state index is 11.8. The van der Waals surface area contributed by atoms with Gasteiger partial charge in [0.1, 0.15) is 0 Å². The van der Waals surface area contributed by atoms with Crippen LogP contribution in [-0.2, 0) is 4.79 Å². The van der Waals surface area contributed by atoms with Crippen LogP contribution in [0.2, 0.25) is 10.0 Å². The number of hydrogen-bond acceptors (Lipinski definition) is 1. The fourth-order valence-electron chi connectivity index (χ4n) is 1.44. The summed E-state index contributed by atoms with van der Waals surface area (Å²) < 4.78 is 0. The first-order valence-electron chi connectivity index (χ1n) is 4.60. The molecule has 0 aromatic heterocycles. The number of hydrogen-bond donors (Lipinski definition) is 0. The largest absolute Gasteiger partial charge is 0.348 e. The molecule has 0 N–H and O–H groups in total. The van der Waals surface area contributed by atoms with Crippen LogP contribution in [0.3, 0.4) is 0 Å². The molecule has 0 fully saturated rings. The van der Waals surface area contributed by atoms with Crippen LogP contribution in [0.25, 0.3) is 0 Å². The molecule has 0 spiro atoms. The highest BCUT2D eigenvalue weighted by Crippen LogP contribution is 2.31. The molecule has 0 saturated heterocycles. The lowest BCUT2D eigenvalue weighted by molar-refractivity contribution is -0.129. The number of amides is 1. The van der Waals surface area contributed by atoms with Crippen molar-refractivity contribution in [1.82, 2.24) is 4.90 Å². The molecule has 0 aliphatic heterocycles. The zero-order valence-corrected chi connectivity index (χ0v) is 10.4. The lowest BCUT2D eigenvalue weighted by Gasteiger charge is -2.18. The van der Waals surface area contributed by atoms with Crippen molar-refractivity contribution in [2.75, 3.05) is 14.1 Å². The topological polar surface area (TPSA) is 20.3 Å². The van der Waals surface area contributed by atoms with Crippen LogP contribution in [0.15, 0.2) is 18.2 Å². The van der Waals surface area contributed by atoms with Gasteiger partial charge in [0.15, 0.2) is 0 Å². The fourth-order valence-corrected chi connectivity index (χ4v) is 2.16. The van der Waals surface area contributed by atoms with Crippen molar-refractivity contribution < 1.29 is 4.79 Å². The molecule has 0 heterocycles. The minimum atomic E-state index is -0.318. The number of nitrogens with zero attached hydrogens (tertiary/aromatic N) is 1. The molecule has 15 heavy (non-hydrogen) atoms. The zero-order chi connectivity index (χ0) is 11.6. The van der Waals surface area contributed by atoms with E-state index in [4.69, 9.17) is 23.2 Å². The Morgan fingerprint density at radius 3 is 2.13 bits per heavy atom. The number of carbonyl (C=O) groups is 1. The maximum Gasteiger partial charge on any atom is 0.229 e. The molecule has 0 aliphatic carbocycles. The van der Waals surface area contributed by atoms with E-state index < -0.39 is 0 Å². The third kappa shape index (κ3) is 2.64. The van der Waals surface area contributed by atoms with E-state index in [9.17, 15) is 4.79 Å². The number of rotatable bonds is 2. The van der Waals surface area contributed by atoms with Crippen molar-refractivity contribution in [3.8, 4) is 0 Å². The monoisotopic (exact) mass is 245 g/mol. The Morgan fingerprint density at radius 2 is 1.73 bits per heavy atom. The average Bonchev–Trinajstić information content (AvgIpc) is 2.15. The lowest BCUT2D eigenvalue weighted by Crippen LogP contribution is -2.27. The predicted octanol–water partition coefficient (Wildman–Crippen LogP) is 3.19. The van der Waals surface area contributed by atoms with Gasteiger partial charge in [-0.25, -0.2) is 0 Å². The molecular formula is C11H13Cl2NO. The Bertz CT molecular complexity index is 357. The summed E-state index contributed by atoms with van der Waals surface area (Å²) in [5.41, 5.74) is 0.694. The van der Waals surface area contributed by atoms with E-state index in [0.29, 0.717) is 15.6 Å². The Labute approximate surface area is 99.8 Å². The van der Waals surface area contributed by atoms with Gasteiger partial charge >= 0.3 is 0 Å². The smallest absolute Gasteiger partial charge is 0.229 e. The van der Waals surface area contributed by atoms with Crippen molar-refractivity contribution in [2.45, 2.75) is 12.8 Å². The first kappa shape index (κ1) is 12.3. The summed E-state index contributed by atoms with van der Waals surface area (Å²) in [5.74, 6) is -0.328. The molecule has 82 valence electrons. The van der Waals surface area contributed by atoms with Crippen LogP contribution in [0.5, 0.6) is 0 Å². The number of halogens is 2. The Hall–Kier alpha value is -0.730. The molecule has 4 heteroatoms. The molecule has 1 atom stereocenters. The quantitative estimate of drug-likeness (QED) is 0.784. The number of benzene rings is 1. The van der Waals surface area contributed by atoms with E-state index in [1.165, 1.54) is 4.90 Å². The van der Waals surface area contributed by atoms with Crippen LogP contribution >= 0.6 is 23.2 Å². The van der Waals surface area contributed by atoms with Gasteiger partial charge in [-0.15, -0.1) is 0 Å². The minimum Gasteiger partial charge on any atom is -0.348 e. The van der Waals surface area contributed by atoms with Gasteiger partial charge in [-0.05, 0) is 19.1 Å². The summed E-state index contributed by atoms with van der Waals surface area (Å²) in [6.45, 7) is 1.80. The Balaban J connectivity index is 3.11. The molecule has 0 saturated carbocycles. The van der Waals surface area contributed by atoms with Crippen LogP contribution in [-0.4, -0.2) is 24.9 Å². The Kier molecular flexibility index (Phi) is 4.00. The van der Waals surface area contributed by atoms with E-state index in [-0.39, 0.29) is 11.8 Å². The van der Waals surface area contributed by atoms with Crippen molar-refractivity contribution in [2.24, 2.45) is 0 Å². The average molecular weight is 246 g/mol. The normalized spacial score (nSPS) is 12.3. The maximum absolute atomic E-state index is 11.8. The van der Waals surface area contributed by atoms with Gasteiger partial charge in [-0.2, -0.15) is 0 Å². The van der Waals surface area contributed by atoms with Crippen LogP contribution in [0.1, 0.15) is 18.4 Å². The van der Waals surface area contributed by atoms with Crippen molar-refractivity contribution in [1.29, 1.82) is 0 Å². The van der Waals surface area contributed by atoms with Crippen molar-refractivity contribution >= 4 is 29.1 Å². The minimum absolute atomic E-state index is 0.00926. The summed E-state index contributed by atoms with van der Waals surface area (Å²) in [6.07, 6.45) is 0. The second kappa shape index (κ2) is 4.86. The highest BCUT2D eigenvalue weighted by molar-refractivity contribution is 6.36. The summed E-state index contributed by atoms with van der Waals surface area (Å²) in [4.78, 5) is 13.3. The summed E-state index contributed by atoms with van der Waals surface area (Å²) in [5, 5.41) is 1.07. The highest BCUT2D eigenvalue weighted by Gasteiger charge is 2.21. The van der Waals surface area contributed by atoms with E-state index in [2.05, 4.69) is 0 Å². The molecular weight excluding hydrogens is 233 g/mol. The van der Waals surface area contributed by atoms with Crippen molar-refractivity contribution in [3.05, 3.63) is 33.8 Å². The van der Waals surface area contributed by atoms with Gasteiger partial charge in [0.2, 0.25) is 5.91 Å². The predicted molar refractivity (Wildman–Crippen MR) is 63.6 cm³/mol. The fraction of sp³-hybridized carbons (Fsp3) is 0.364. The first-order chi connectivity index (χ1) is 6.95.